The molecule has 3 N–H and O–H groups in total. The number of rotatable bonds is 7. The van der Waals surface area contributed by atoms with Gasteiger partial charge >= 0.3 is 7.12 Å². The van der Waals surface area contributed by atoms with Crippen LogP contribution in [0.3, 0.4) is 0 Å². The molecule has 0 saturated heterocycles. The SMILES string of the molecule is O=S(=O)(OCNc1cccc(Cl)c1C1CC1)c1ccc(B(O)O)c(Cl)c1. The van der Waals surface area contributed by atoms with E-state index in [2.05, 4.69) is 5.32 Å². The fourth-order valence-corrected chi connectivity index (χ4v) is 4.12. The van der Waals surface area contributed by atoms with Gasteiger partial charge in [-0.15, -0.1) is 0 Å². The first-order chi connectivity index (χ1) is 12.3. The van der Waals surface area contributed by atoms with Gasteiger partial charge in [0.1, 0.15) is 6.73 Å². The Balaban J connectivity index is 1.70. The standard InChI is InChI=1S/C16H16BCl2NO5S/c18-13-2-1-3-15(16(13)10-4-5-10)20-9-25-26(23,24)11-6-7-12(17(21)22)14(19)8-11/h1-3,6-8,10,20-22H,4-5,9H2. The van der Waals surface area contributed by atoms with Crippen LogP contribution in [0.4, 0.5) is 5.69 Å². The Morgan fingerprint density at radius 3 is 2.50 bits per heavy atom. The average Bonchev–Trinajstić information content (AvgIpc) is 3.39. The fraction of sp³-hybridized carbons (Fsp3) is 0.250. The Labute approximate surface area is 162 Å². The summed E-state index contributed by atoms with van der Waals surface area (Å²) < 4.78 is 29.6. The van der Waals surface area contributed by atoms with Crippen LogP contribution in [-0.4, -0.2) is 32.3 Å². The van der Waals surface area contributed by atoms with Crippen LogP contribution in [0.1, 0.15) is 24.3 Å². The largest absolute Gasteiger partial charge is 0.489 e. The van der Waals surface area contributed by atoms with Crippen LogP contribution in [-0.2, 0) is 14.3 Å². The number of nitrogens with one attached hydrogen (secondary N) is 1. The molecule has 3 rings (SSSR count). The van der Waals surface area contributed by atoms with Crippen molar-refractivity contribution in [2.45, 2.75) is 23.7 Å². The van der Waals surface area contributed by atoms with Crippen molar-refractivity contribution in [3.8, 4) is 0 Å². The van der Waals surface area contributed by atoms with Crippen LogP contribution in [0.15, 0.2) is 41.3 Å². The first kappa shape index (κ1) is 19.5. The highest BCUT2D eigenvalue weighted by Gasteiger charge is 2.28. The molecule has 6 nitrogen and oxygen atoms in total. The Morgan fingerprint density at radius 2 is 1.88 bits per heavy atom. The van der Waals surface area contributed by atoms with Crippen LogP contribution in [0.5, 0.6) is 0 Å². The third kappa shape index (κ3) is 4.33. The predicted molar refractivity (Wildman–Crippen MR) is 101 cm³/mol. The minimum absolute atomic E-state index is 0.0109. The minimum atomic E-state index is -4.07. The lowest BCUT2D eigenvalue weighted by molar-refractivity contribution is 0.343. The van der Waals surface area contributed by atoms with Crippen molar-refractivity contribution < 1.29 is 22.6 Å². The lowest BCUT2D eigenvalue weighted by Gasteiger charge is -2.14. The third-order valence-corrected chi connectivity index (χ3v) is 5.97. The number of halogens is 2. The van der Waals surface area contributed by atoms with Gasteiger partial charge in [-0.3, -0.25) is 0 Å². The molecule has 26 heavy (non-hydrogen) atoms. The second-order valence-corrected chi connectivity index (χ2v) is 8.36. The zero-order valence-corrected chi connectivity index (χ0v) is 15.9. The van der Waals surface area contributed by atoms with Gasteiger partial charge in [0, 0.05) is 21.2 Å². The van der Waals surface area contributed by atoms with Gasteiger partial charge in [-0.2, -0.15) is 8.42 Å². The number of hydrogen-bond acceptors (Lipinski definition) is 6. The Hall–Kier alpha value is -1.29. The number of hydrogen-bond donors (Lipinski definition) is 3. The van der Waals surface area contributed by atoms with Crippen molar-refractivity contribution in [2.75, 3.05) is 12.0 Å². The van der Waals surface area contributed by atoms with E-state index in [0.717, 1.165) is 30.2 Å². The van der Waals surface area contributed by atoms with Crippen LogP contribution < -0.4 is 10.8 Å². The van der Waals surface area contributed by atoms with Gasteiger partial charge in [-0.05, 0) is 48.6 Å². The van der Waals surface area contributed by atoms with Crippen molar-refractivity contribution in [2.24, 2.45) is 0 Å². The van der Waals surface area contributed by atoms with Crippen molar-refractivity contribution >= 4 is 51.6 Å². The zero-order chi connectivity index (χ0) is 18.9. The Bertz CT molecular complexity index is 919. The Morgan fingerprint density at radius 1 is 1.15 bits per heavy atom. The van der Waals surface area contributed by atoms with Gasteiger partial charge in [-0.25, -0.2) is 4.18 Å². The van der Waals surface area contributed by atoms with Gasteiger partial charge in [0.05, 0.1) is 4.90 Å². The van der Waals surface area contributed by atoms with E-state index in [1.165, 1.54) is 12.1 Å². The van der Waals surface area contributed by atoms with Gasteiger partial charge in [-0.1, -0.05) is 35.3 Å². The molecule has 0 heterocycles. The molecule has 0 spiro atoms. The van der Waals surface area contributed by atoms with Crippen LogP contribution in [0.2, 0.25) is 10.0 Å². The summed E-state index contributed by atoms with van der Waals surface area (Å²) in [6, 6.07) is 8.94. The second kappa shape index (κ2) is 7.76. The molecule has 0 amide bonds. The van der Waals surface area contributed by atoms with Gasteiger partial charge < -0.3 is 15.4 Å². The van der Waals surface area contributed by atoms with Gasteiger partial charge in [0.15, 0.2) is 0 Å². The smallest absolute Gasteiger partial charge is 0.423 e. The van der Waals surface area contributed by atoms with E-state index < -0.39 is 17.2 Å². The highest BCUT2D eigenvalue weighted by atomic mass is 35.5. The summed E-state index contributed by atoms with van der Waals surface area (Å²) in [5.74, 6) is 0.388. The maximum Gasteiger partial charge on any atom is 0.489 e. The molecule has 1 saturated carbocycles. The molecule has 2 aromatic carbocycles. The molecule has 138 valence electrons. The molecular formula is C16H16BCl2NO5S. The van der Waals surface area contributed by atoms with E-state index in [1.54, 1.807) is 12.1 Å². The molecule has 0 unspecified atom stereocenters. The van der Waals surface area contributed by atoms with Crippen molar-refractivity contribution in [1.82, 2.24) is 0 Å². The third-order valence-electron chi connectivity index (χ3n) is 4.05. The zero-order valence-electron chi connectivity index (χ0n) is 13.5. The van der Waals surface area contributed by atoms with Crippen LogP contribution in [0, 0.1) is 0 Å². The van der Waals surface area contributed by atoms with E-state index >= 15 is 0 Å². The normalized spacial score (nSPS) is 14.3. The maximum atomic E-state index is 12.3. The van der Waals surface area contributed by atoms with Crippen molar-refractivity contribution in [3.05, 3.63) is 52.0 Å². The molecule has 1 aliphatic carbocycles. The Kier molecular flexibility index (Phi) is 5.81. The number of benzene rings is 2. The lowest BCUT2D eigenvalue weighted by atomic mass is 9.80. The summed E-state index contributed by atoms with van der Waals surface area (Å²) in [5, 5.41) is 21.8. The molecular weight excluding hydrogens is 400 g/mol. The fourth-order valence-electron chi connectivity index (χ4n) is 2.60. The van der Waals surface area contributed by atoms with E-state index in [0.29, 0.717) is 10.9 Å². The van der Waals surface area contributed by atoms with Crippen LogP contribution in [0.25, 0.3) is 0 Å². The monoisotopic (exact) mass is 415 g/mol. The first-order valence-corrected chi connectivity index (χ1v) is 10.0. The maximum absolute atomic E-state index is 12.3. The molecule has 2 aromatic rings. The molecule has 0 aliphatic heterocycles. The van der Waals surface area contributed by atoms with Gasteiger partial charge in [0.25, 0.3) is 10.1 Å². The second-order valence-electron chi connectivity index (χ2n) is 5.93. The summed E-state index contributed by atoms with van der Waals surface area (Å²) in [6.07, 6.45) is 2.11. The molecule has 0 radical (unpaired) electrons. The summed E-state index contributed by atoms with van der Waals surface area (Å²) in [5.41, 5.74) is 1.73. The highest BCUT2D eigenvalue weighted by molar-refractivity contribution is 7.86. The van der Waals surface area contributed by atoms with Crippen LogP contribution >= 0.6 is 23.2 Å². The molecule has 1 aliphatic rings. The minimum Gasteiger partial charge on any atom is -0.423 e. The molecule has 10 heteroatoms. The molecule has 0 atom stereocenters. The lowest BCUT2D eigenvalue weighted by Crippen LogP contribution is -2.31. The average molecular weight is 416 g/mol. The topological polar surface area (TPSA) is 95.9 Å². The summed E-state index contributed by atoms with van der Waals surface area (Å²) >= 11 is 12.1. The first-order valence-electron chi connectivity index (χ1n) is 7.87. The van der Waals surface area contributed by atoms with E-state index in [1.807, 2.05) is 6.07 Å². The molecule has 1 fully saturated rings. The van der Waals surface area contributed by atoms with Crippen molar-refractivity contribution in [1.29, 1.82) is 0 Å². The summed E-state index contributed by atoms with van der Waals surface area (Å²) in [7, 11) is -5.85. The van der Waals surface area contributed by atoms with Crippen molar-refractivity contribution in [3.63, 3.8) is 0 Å². The molecule has 0 bridgehead atoms. The van der Waals surface area contributed by atoms with E-state index in [9.17, 15) is 8.42 Å². The van der Waals surface area contributed by atoms with E-state index in [-0.39, 0.29) is 22.1 Å². The molecule has 0 aromatic heterocycles. The van der Waals surface area contributed by atoms with Gasteiger partial charge in [0.2, 0.25) is 0 Å². The highest BCUT2D eigenvalue weighted by Crippen LogP contribution is 2.46. The summed E-state index contributed by atoms with van der Waals surface area (Å²) in [4.78, 5) is -0.179. The van der Waals surface area contributed by atoms with E-state index in [4.69, 9.17) is 37.4 Å². The summed E-state index contributed by atoms with van der Waals surface area (Å²) in [6.45, 7) is -0.273. The number of anilines is 1. The quantitative estimate of drug-likeness (QED) is 0.365. The predicted octanol–water partition coefficient (Wildman–Crippen LogP) is 2.33.